The zero-order valence-corrected chi connectivity index (χ0v) is 10.2. The third-order valence-electron chi connectivity index (χ3n) is 2.30. The van der Waals surface area contributed by atoms with Crippen molar-refractivity contribution < 1.29 is 5.11 Å². The van der Waals surface area contributed by atoms with Crippen LogP contribution >= 0.6 is 11.6 Å². The van der Waals surface area contributed by atoms with Crippen LogP contribution in [0.4, 0.5) is 0 Å². The molecule has 15 heavy (non-hydrogen) atoms. The second kappa shape index (κ2) is 5.50. The Bertz CT molecular complexity index is 325. The van der Waals surface area contributed by atoms with Crippen molar-refractivity contribution in [3.8, 4) is 0 Å². The number of hydrogen-bond acceptors (Lipinski definition) is 2. The van der Waals surface area contributed by atoms with Crippen molar-refractivity contribution in [3.63, 3.8) is 0 Å². The molecule has 2 N–H and O–H groups in total. The van der Waals surface area contributed by atoms with Crippen molar-refractivity contribution in [2.75, 3.05) is 6.54 Å². The summed E-state index contributed by atoms with van der Waals surface area (Å²) in [4.78, 5) is 0. The first-order valence-corrected chi connectivity index (χ1v) is 5.56. The molecule has 0 aliphatic heterocycles. The molecule has 2 nitrogen and oxygen atoms in total. The molecule has 1 aromatic carbocycles. The fourth-order valence-corrected chi connectivity index (χ4v) is 1.47. The van der Waals surface area contributed by atoms with Crippen LogP contribution in [0.25, 0.3) is 0 Å². The minimum atomic E-state index is -0.495. The first-order chi connectivity index (χ1) is 7.00. The molecule has 0 saturated heterocycles. The number of aliphatic hydroxyl groups is 1. The Kier molecular flexibility index (Phi) is 4.58. The fourth-order valence-electron chi connectivity index (χ4n) is 1.28. The summed E-state index contributed by atoms with van der Waals surface area (Å²) < 4.78 is 0. The predicted molar refractivity (Wildman–Crippen MR) is 64.3 cm³/mol. The van der Waals surface area contributed by atoms with Gasteiger partial charge in [-0.1, -0.05) is 37.6 Å². The lowest BCUT2D eigenvalue weighted by molar-refractivity contribution is 0.171. The van der Waals surface area contributed by atoms with Gasteiger partial charge in [-0.3, -0.25) is 0 Å². The van der Waals surface area contributed by atoms with Crippen LogP contribution in [0.2, 0.25) is 5.02 Å². The molecule has 84 valence electrons. The highest BCUT2D eigenvalue weighted by Crippen LogP contribution is 2.20. The minimum Gasteiger partial charge on any atom is -0.387 e. The average Bonchev–Trinajstić information content (AvgIpc) is 2.18. The maximum Gasteiger partial charge on any atom is 0.0914 e. The van der Waals surface area contributed by atoms with Crippen molar-refractivity contribution in [1.82, 2.24) is 5.32 Å². The quantitative estimate of drug-likeness (QED) is 0.829. The molecule has 1 aromatic rings. The number of aliphatic hydroxyl groups excluding tert-OH is 1. The van der Waals surface area contributed by atoms with Crippen molar-refractivity contribution in [2.45, 2.75) is 32.9 Å². The van der Waals surface area contributed by atoms with E-state index in [0.29, 0.717) is 17.6 Å². The van der Waals surface area contributed by atoms with Gasteiger partial charge in [0.25, 0.3) is 0 Å². The maximum atomic E-state index is 9.86. The van der Waals surface area contributed by atoms with Crippen LogP contribution in [0.15, 0.2) is 18.2 Å². The molecule has 1 rings (SSSR count). The smallest absolute Gasteiger partial charge is 0.0914 e. The highest BCUT2D eigenvalue weighted by Gasteiger charge is 2.08. The van der Waals surface area contributed by atoms with E-state index < -0.39 is 6.10 Å². The Morgan fingerprint density at radius 2 is 2.07 bits per heavy atom. The number of halogens is 1. The van der Waals surface area contributed by atoms with Gasteiger partial charge in [0.05, 0.1) is 6.10 Å². The molecule has 1 unspecified atom stereocenters. The Morgan fingerprint density at radius 3 is 2.60 bits per heavy atom. The number of aryl methyl sites for hydroxylation is 1. The zero-order valence-electron chi connectivity index (χ0n) is 9.42. The molecule has 0 aromatic heterocycles. The summed E-state index contributed by atoms with van der Waals surface area (Å²) in [6.45, 7) is 6.60. The highest BCUT2D eigenvalue weighted by atomic mass is 35.5. The topological polar surface area (TPSA) is 32.3 Å². The van der Waals surface area contributed by atoms with Crippen LogP contribution in [0.1, 0.15) is 31.1 Å². The molecule has 0 fully saturated rings. The molecule has 0 aliphatic carbocycles. The lowest BCUT2D eigenvalue weighted by Gasteiger charge is -2.15. The van der Waals surface area contributed by atoms with E-state index in [1.54, 1.807) is 0 Å². The van der Waals surface area contributed by atoms with Gasteiger partial charge in [-0.05, 0) is 24.1 Å². The standard InChI is InChI=1S/C12H18ClNO/c1-8(2)14-7-12(15)10-5-4-9(3)11(13)6-10/h4-6,8,12,14-15H,7H2,1-3H3. The maximum absolute atomic E-state index is 9.86. The Labute approximate surface area is 96.3 Å². The molecule has 0 heterocycles. The van der Waals surface area contributed by atoms with Crippen LogP contribution < -0.4 is 5.32 Å². The molecule has 0 bridgehead atoms. The van der Waals surface area contributed by atoms with Crippen molar-refractivity contribution in [2.24, 2.45) is 0 Å². The van der Waals surface area contributed by atoms with E-state index in [4.69, 9.17) is 11.6 Å². The molecule has 0 radical (unpaired) electrons. The van der Waals surface area contributed by atoms with Gasteiger partial charge in [-0.2, -0.15) is 0 Å². The first-order valence-electron chi connectivity index (χ1n) is 5.18. The van der Waals surface area contributed by atoms with E-state index in [-0.39, 0.29) is 0 Å². The minimum absolute atomic E-state index is 0.376. The van der Waals surface area contributed by atoms with Gasteiger partial charge in [0.1, 0.15) is 0 Å². The molecular weight excluding hydrogens is 210 g/mol. The third kappa shape index (κ3) is 3.82. The molecule has 1 atom stereocenters. The number of rotatable bonds is 4. The Hall–Kier alpha value is -0.570. The molecular formula is C12H18ClNO. The largest absolute Gasteiger partial charge is 0.387 e. The normalized spacial score (nSPS) is 13.2. The summed E-state index contributed by atoms with van der Waals surface area (Å²) in [7, 11) is 0. The summed E-state index contributed by atoms with van der Waals surface area (Å²) >= 11 is 5.99. The fraction of sp³-hybridized carbons (Fsp3) is 0.500. The van der Waals surface area contributed by atoms with Gasteiger partial charge in [-0.15, -0.1) is 0 Å². The van der Waals surface area contributed by atoms with E-state index in [9.17, 15) is 5.11 Å². The zero-order chi connectivity index (χ0) is 11.4. The number of hydrogen-bond donors (Lipinski definition) is 2. The molecule has 3 heteroatoms. The summed E-state index contributed by atoms with van der Waals surface area (Å²) in [5.41, 5.74) is 1.89. The SMILES string of the molecule is Cc1ccc(C(O)CNC(C)C)cc1Cl. The average molecular weight is 228 g/mol. The van der Waals surface area contributed by atoms with E-state index in [1.165, 1.54) is 0 Å². The molecule has 0 aliphatic rings. The molecule has 0 spiro atoms. The van der Waals surface area contributed by atoms with E-state index in [0.717, 1.165) is 11.1 Å². The van der Waals surface area contributed by atoms with Crippen LogP contribution in [-0.2, 0) is 0 Å². The summed E-state index contributed by atoms with van der Waals surface area (Å²) in [6.07, 6.45) is -0.495. The monoisotopic (exact) mass is 227 g/mol. The molecule has 0 amide bonds. The van der Waals surface area contributed by atoms with Crippen molar-refractivity contribution in [1.29, 1.82) is 0 Å². The lowest BCUT2D eigenvalue weighted by Crippen LogP contribution is -2.27. The van der Waals surface area contributed by atoms with Gasteiger partial charge < -0.3 is 10.4 Å². The van der Waals surface area contributed by atoms with Crippen LogP contribution in [0, 0.1) is 6.92 Å². The summed E-state index contributed by atoms with van der Waals surface area (Å²) in [5.74, 6) is 0. The first kappa shape index (κ1) is 12.5. The number of benzene rings is 1. The summed E-state index contributed by atoms with van der Waals surface area (Å²) in [6, 6.07) is 6.04. The third-order valence-corrected chi connectivity index (χ3v) is 2.71. The lowest BCUT2D eigenvalue weighted by atomic mass is 10.1. The summed E-state index contributed by atoms with van der Waals surface area (Å²) in [5, 5.41) is 13.8. The van der Waals surface area contributed by atoms with Gasteiger partial charge >= 0.3 is 0 Å². The second-order valence-electron chi connectivity index (χ2n) is 4.09. The van der Waals surface area contributed by atoms with E-state index >= 15 is 0 Å². The predicted octanol–water partition coefficient (Wildman–Crippen LogP) is 2.68. The van der Waals surface area contributed by atoms with Gasteiger partial charge in [0.2, 0.25) is 0 Å². The Morgan fingerprint density at radius 1 is 1.40 bits per heavy atom. The van der Waals surface area contributed by atoms with Crippen LogP contribution in [0.3, 0.4) is 0 Å². The molecule has 0 saturated carbocycles. The van der Waals surface area contributed by atoms with Crippen LogP contribution in [-0.4, -0.2) is 17.7 Å². The number of nitrogens with one attached hydrogen (secondary N) is 1. The highest BCUT2D eigenvalue weighted by molar-refractivity contribution is 6.31. The Balaban J connectivity index is 2.65. The van der Waals surface area contributed by atoms with Gasteiger partial charge in [0.15, 0.2) is 0 Å². The van der Waals surface area contributed by atoms with Crippen molar-refractivity contribution >= 4 is 11.6 Å². The second-order valence-corrected chi connectivity index (χ2v) is 4.49. The van der Waals surface area contributed by atoms with E-state index in [2.05, 4.69) is 19.2 Å². The van der Waals surface area contributed by atoms with Crippen LogP contribution in [0.5, 0.6) is 0 Å². The van der Waals surface area contributed by atoms with Gasteiger partial charge in [-0.25, -0.2) is 0 Å². The van der Waals surface area contributed by atoms with Crippen molar-refractivity contribution in [3.05, 3.63) is 34.3 Å². The van der Waals surface area contributed by atoms with Gasteiger partial charge in [0, 0.05) is 17.6 Å². The van der Waals surface area contributed by atoms with E-state index in [1.807, 2.05) is 25.1 Å².